The fourth-order valence-electron chi connectivity index (χ4n) is 3.93. The molecule has 0 aromatic carbocycles. The van der Waals surface area contributed by atoms with Gasteiger partial charge >= 0.3 is 0 Å². The second-order valence-electron chi connectivity index (χ2n) is 7.13. The van der Waals surface area contributed by atoms with Gasteiger partial charge in [-0.25, -0.2) is 9.97 Å². The Morgan fingerprint density at radius 2 is 2.04 bits per heavy atom. The molecule has 2 saturated heterocycles. The predicted octanol–water partition coefficient (Wildman–Crippen LogP) is 1.95. The number of nitrogens with one attached hydrogen (secondary N) is 1. The molecule has 3 aliphatic rings. The summed E-state index contributed by atoms with van der Waals surface area (Å²) in [5.41, 5.74) is 1.34. The molecule has 2 aromatic heterocycles. The molecule has 2 fully saturated rings. The molecule has 0 amide bonds. The fraction of sp³-hybridized carbons (Fsp3) is 0.611. The first-order chi connectivity index (χ1) is 12.8. The summed E-state index contributed by atoms with van der Waals surface area (Å²) in [6.45, 7) is 5.33. The van der Waals surface area contributed by atoms with E-state index in [0.29, 0.717) is 6.04 Å². The molecule has 1 N–H and O–H groups in total. The highest BCUT2D eigenvalue weighted by Crippen LogP contribution is 2.34. The number of nitrogens with zero attached hydrogens (tertiary/aromatic N) is 5. The molecule has 0 radical (unpaired) electrons. The van der Waals surface area contributed by atoms with Gasteiger partial charge < -0.3 is 19.9 Å². The highest BCUT2D eigenvalue weighted by Gasteiger charge is 2.27. The van der Waals surface area contributed by atoms with Crippen molar-refractivity contribution >= 4 is 28.2 Å². The van der Waals surface area contributed by atoms with Crippen LogP contribution in [0.2, 0.25) is 0 Å². The number of morpholine rings is 1. The summed E-state index contributed by atoms with van der Waals surface area (Å²) in [5.74, 6) is 1.71. The second kappa shape index (κ2) is 7.00. The van der Waals surface area contributed by atoms with Crippen LogP contribution in [0.25, 0.3) is 0 Å². The minimum Gasteiger partial charge on any atom is -0.378 e. The molecule has 5 rings (SSSR count). The van der Waals surface area contributed by atoms with Crippen molar-refractivity contribution in [2.24, 2.45) is 0 Å². The van der Waals surface area contributed by atoms with E-state index in [0.717, 1.165) is 64.0 Å². The Labute approximate surface area is 157 Å². The van der Waals surface area contributed by atoms with E-state index in [4.69, 9.17) is 14.7 Å². The SMILES string of the molecule is c1cc(N2CCOCC2)nc(NC2CCN(c3nc4c(s3)CCC4)C2)n1. The number of hydrogen-bond acceptors (Lipinski definition) is 8. The minimum absolute atomic E-state index is 0.369. The van der Waals surface area contributed by atoms with E-state index in [9.17, 15) is 0 Å². The first kappa shape index (κ1) is 16.3. The second-order valence-corrected chi connectivity index (χ2v) is 8.20. The van der Waals surface area contributed by atoms with Crippen molar-refractivity contribution in [2.75, 3.05) is 54.5 Å². The van der Waals surface area contributed by atoms with Crippen LogP contribution in [0, 0.1) is 0 Å². The van der Waals surface area contributed by atoms with Crippen molar-refractivity contribution in [1.29, 1.82) is 0 Å². The number of thiazole rings is 1. The number of fused-ring (bicyclic) bond motifs is 1. The van der Waals surface area contributed by atoms with Crippen LogP contribution >= 0.6 is 11.3 Å². The third-order valence-electron chi connectivity index (χ3n) is 5.35. The van der Waals surface area contributed by atoms with E-state index in [1.807, 2.05) is 23.6 Å². The van der Waals surface area contributed by atoms with Gasteiger partial charge in [0, 0.05) is 43.3 Å². The third kappa shape index (κ3) is 3.23. The first-order valence-electron chi connectivity index (χ1n) is 9.51. The number of rotatable bonds is 4. The third-order valence-corrected chi connectivity index (χ3v) is 6.57. The Morgan fingerprint density at radius 1 is 1.12 bits per heavy atom. The molecule has 2 aliphatic heterocycles. The lowest BCUT2D eigenvalue weighted by Gasteiger charge is -2.28. The highest BCUT2D eigenvalue weighted by atomic mass is 32.1. The van der Waals surface area contributed by atoms with E-state index < -0.39 is 0 Å². The molecule has 7 nitrogen and oxygen atoms in total. The van der Waals surface area contributed by atoms with Crippen molar-refractivity contribution in [3.05, 3.63) is 22.8 Å². The maximum atomic E-state index is 5.42. The summed E-state index contributed by atoms with van der Waals surface area (Å²) < 4.78 is 5.42. The zero-order valence-electron chi connectivity index (χ0n) is 14.9. The molecule has 138 valence electrons. The normalized spacial score (nSPS) is 22.7. The van der Waals surface area contributed by atoms with Gasteiger partial charge in [0.25, 0.3) is 0 Å². The summed E-state index contributed by atoms with van der Waals surface area (Å²) in [6.07, 6.45) is 6.58. The molecule has 1 atom stereocenters. The lowest BCUT2D eigenvalue weighted by Crippen LogP contribution is -2.37. The molecule has 8 heteroatoms. The standard InChI is InChI=1S/C18H24N6OS/c1-2-14-15(3-1)26-18(21-14)24-7-5-13(12-24)20-17-19-6-4-16(22-17)23-8-10-25-11-9-23/h4,6,13H,1-3,5,7-12H2,(H,19,20,22). The van der Waals surface area contributed by atoms with Crippen LogP contribution in [0.15, 0.2) is 12.3 Å². The summed E-state index contributed by atoms with van der Waals surface area (Å²) in [7, 11) is 0. The zero-order chi connectivity index (χ0) is 17.3. The highest BCUT2D eigenvalue weighted by molar-refractivity contribution is 7.15. The van der Waals surface area contributed by atoms with Crippen LogP contribution in [0.1, 0.15) is 23.4 Å². The Bertz CT molecular complexity index is 753. The van der Waals surface area contributed by atoms with Gasteiger partial charge in [0.05, 0.1) is 18.9 Å². The fourth-order valence-corrected chi connectivity index (χ4v) is 5.12. The van der Waals surface area contributed by atoms with Crippen molar-refractivity contribution < 1.29 is 4.74 Å². The monoisotopic (exact) mass is 372 g/mol. The predicted molar refractivity (Wildman–Crippen MR) is 103 cm³/mol. The summed E-state index contributed by atoms with van der Waals surface area (Å²) in [5, 5.41) is 4.72. The van der Waals surface area contributed by atoms with Crippen molar-refractivity contribution in [3.8, 4) is 0 Å². The van der Waals surface area contributed by atoms with E-state index in [1.54, 1.807) is 0 Å². The summed E-state index contributed by atoms with van der Waals surface area (Å²) >= 11 is 1.89. The van der Waals surface area contributed by atoms with Gasteiger partial charge in [-0.2, -0.15) is 4.98 Å². The average Bonchev–Trinajstić information content (AvgIpc) is 3.38. The van der Waals surface area contributed by atoms with Crippen molar-refractivity contribution in [2.45, 2.75) is 31.7 Å². The van der Waals surface area contributed by atoms with Crippen molar-refractivity contribution in [1.82, 2.24) is 15.0 Å². The zero-order valence-corrected chi connectivity index (χ0v) is 15.7. The van der Waals surface area contributed by atoms with Crippen molar-refractivity contribution in [3.63, 3.8) is 0 Å². The number of ether oxygens (including phenoxy) is 1. The Kier molecular flexibility index (Phi) is 4.38. The van der Waals surface area contributed by atoms with Crippen LogP contribution in [-0.2, 0) is 17.6 Å². The van der Waals surface area contributed by atoms with Crippen LogP contribution in [-0.4, -0.2) is 60.4 Å². The number of aryl methyl sites for hydroxylation is 2. The Hall–Kier alpha value is -1.93. The minimum atomic E-state index is 0.369. The average molecular weight is 372 g/mol. The van der Waals surface area contributed by atoms with Gasteiger partial charge in [0.1, 0.15) is 5.82 Å². The van der Waals surface area contributed by atoms with E-state index in [2.05, 4.69) is 20.1 Å². The van der Waals surface area contributed by atoms with Gasteiger partial charge in [-0.05, 0) is 31.7 Å². The van der Waals surface area contributed by atoms with E-state index in [1.165, 1.54) is 28.5 Å². The van der Waals surface area contributed by atoms with E-state index >= 15 is 0 Å². The molecular formula is C18H24N6OS. The van der Waals surface area contributed by atoms with Crippen LogP contribution in [0.3, 0.4) is 0 Å². The van der Waals surface area contributed by atoms with E-state index in [-0.39, 0.29) is 0 Å². The van der Waals surface area contributed by atoms with Crippen LogP contribution in [0.4, 0.5) is 16.9 Å². The van der Waals surface area contributed by atoms with Gasteiger partial charge in [0.2, 0.25) is 5.95 Å². The number of aromatic nitrogens is 3. The molecule has 1 unspecified atom stereocenters. The Morgan fingerprint density at radius 3 is 2.92 bits per heavy atom. The van der Waals surface area contributed by atoms with Gasteiger partial charge in [-0.15, -0.1) is 11.3 Å². The smallest absolute Gasteiger partial charge is 0.224 e. The quantitative estimate of drug-likeness (QED) is 0.880. The Balaban J connectivity index is 1.23. The molecule has 0 saturated carbocycles. The lowest BCUT2D eigenvalue weighted by molar-refractivity contribution is 0.122. The topological polar surface area (TPSA) is 66.4 Å². The molecular weight excluding hydrogens is 348 g/mol. The first-order valence-corrected chi connectivity index (χ1v) is 10.3. The van der Waals surface area contributed by atoms with Crippen LogP contribution in [0.5, 0.6) is 0 Å². The lowest BCUT2D eigenvalue weighted by atomic mass is 10.3. The van der Waals surface area contributed by atoms with Crippen LogP contribution < -0.4 is 15.1 Å². The maximum Gasteiger partial charge on any atom is 0.224 e. The maximum absolute atomic E-state index is 5.42. The molecule has 0 bridgehead atoms. The largest absolute Gasteiger partial charge is 0.378 e. The number of hydrogen-bond donors (Lipinski definition) is 1. The molecule has 1 aliphatic carbocycles. The molecule has 26 heavy (non-hydrogen) atoms. The summed E-state index contributed by atoms with van der Waals surface area (Å²) in [4.78, 5) is 20.2. The van der Waals surface area contributed by atoms with Gasteiger partial charge in [-0.3, -0.25) is 0 Å². The molecule has 2 aromatic rings. The number of anilines is 3. The molecule has 0 spiro atoms. The molecule has 4 heterocycles. The summed E-state index contributed by atoms with van der Waals surface area (Å²) in [6, 6.07) is 2.35. The van der Waals surface area contributed by atoms with Gasteiger partial charge in [-0.1, -0.05) is 0 Å². The van der Waals surface area contributed by atoms with Gasteiger partial charge in [0.15, 0.2) is 5.13 Å².